The fourth-order valence-electron chi connectivity index (χ4n) is 4.30. The van der Waals surface area contributed by atoms with E-state index in [4.69, 9.17) is 4.74 Å². The van der Waals surface area contributed by atoms with Gasteiger partial charge in [0, 0.05) is 18.5 Å². The molecule has 1 aromatic carbocycles. The molecule has 1 aromatic rings. The molecule has 3 rings (SSSR count). The number of methoxy groups -OCH3 is 1. The van der Waals surface area contributed by atoms with Crippen LogP contribution in [0.3, 0.4) is 0 Å². The molecule has 0 radical (unpaired) electrons. The molecule has 1 heterocycles. The molecule has 0 aromatic heterocycles. The normalized spacial score (nSPS) is 28.5. The van der Waals surface area contributed by atoms with Crippen molar-refractivity contribution in [1.82, 2.24) is 4.90 Å². The molecule has 2 aliphatic rings. The van der Waals surface area contributed by atoms with Crippen molar-refractivity contribution in [1.29, 1.82) is 5.26 Å². The number of likely N-dealkylation sites (tertiary alicyclic amines) is 1. The summed E-state index contributed by atoms with van der Waals surface area (Å²) in [7, 11) is 1.59. The van der Waals surface area contributed by atoms with Crippen molar-refractivity contribution in [3.8, 4) is 11.8 Å². The maximum Gasteiger partial charge on any atom is 0.136 e. The Kier molecular flexibility index (Phi) is 5.20. The first kappa shape index (κ1) is 16.3. The fourth-order valence-corrected chi connectivity index (χ4v) is 4.30. The molecule has 1 aliphatic carbocycles. The van der Waals surface area contributed by atoms with E-state index in [0.29, 0.717) is 23.3 Å². The first-order valence-electron chi connectivity index (χ1n) is 8.72. The number of aliphatic hydroxyl groups excluding tert-OH is 1. The zero-order chi connectivity index (χ0) is 16.2. The van der Waals surface area contributed by atoms with Gasteiger partial charge in [-0.15, -0.1) is 0 Å². The number of rotatable bonds is 4. The standard InChI is InChI=1S/C19H26N2O2/c1-23-19-9-8-14(11-15(19)12-20)13-21-10-4-6-17(21)16-5-2-3-7-18(16)22/h8-9,11,16-18,22H,2-7,10,13H2,1H3. The topological polar surface area (TPSA) is 56.5 Å². The molecule has 2 fully saturated rings. The van der Waals surface area contributed by atoms with Gasteiger partial charge in [-0.05, 0) is 49.9 Å². The van der Waals surface area contributed by atoms with Crippen LogP contribution >= 0.6 is 0 Å². The molecule has 0 spiro atoms. The molecule has 0 bridgehead atoms. The predicted molar refractivity (Wildman–Crippen MR) is 89.1 cm³/mol. The van der Waals surface area contributed by atoms with Crippen LogP contribution in [0.15, 0.2) is 18.2 Å². The van der Waals surface area contributed by atoms with E-state index in [9.17, 15) is 10.4 Å². The van der Waals surface area contributed by atoms with Crippen LogP contribution in [0.5, 0.6) is 5.75 Å². The summed E-state index contributed by atoms with van der Waals surface area (Å²) in [6, 6.07) is 8.56. The maximum absolute atomic E-state index is 10.4. The van der Waals surface area contributed by atoms with Gasteiger partial charge in [0.05, 0.1) is 18.8 Å². The summed E-state index contributed by atoms with van der Waals surface area (Å²) in [6.45, 7) is 1.94. The Balaban J connectivity index is 1.72. The smallest absolute Gasteiger partial charge is 0.136 e. The zero-order valence-electron chi connectivity index (χ0n) is 13.9. The summed E-state index contributed by atoms with van der Waals surface area (Å²) in [5, 5.41) is 19.6. The van der Waals surface area contributed by atoms with E-state index in [1.165, 1.54) is 19.3 Å². The predicted octanol–water partition coefficient (Wildman–Crippen LogP) is 3.08. The number of benzene rings is 1. The summed E-state index contributed by atoms with van der Waals surface area (Å²) in [4.78, 5) is 2.50. The van der Waals surface area contributed by atoms with Gasteiger partial charge in [-0.2, -0.15) is 5.26 Å². The summed E-state index contributed by atoms with van der Waals surface area (Å²) in [5.41, 5.74) is 1.75. The Morgan fingerprint density at radius 2 is 2.09 bits per heavy atom. The molecular weight excluding hydrogens is 288 g/mol. The first-order valence-corrected chi connectivity index (χ1v) is 8.72. The van der Waals surface area contributed by atoms with Gasteiger partial charge in [0.15, 0.2) is 0 Å². The van der Waals surface area contributed by atoms with Gasteiger partial charge >= 0.3 is 0 Å². The van der Waals surface area contributed by atoms with E-state index < -0.39 is 0 Å². The van der Waals surface area contributed by atoms with Crippen molar-refractivity contribution in [3.63, 3.8) is 0 Å². The SMILES string of the molecule is COc1ccc(CN2CCCC2C2CCCCC2O)cc1C#N. The summed E-state index contributed by atoms with van der Waals surface area (Å²) < 4.78 is 5.22. The average Bonchev–Trinajstić information content (AvgIpc) is 3.03. The van der Waals surface area contributed by atoms with Crippen LogP contribution in [-0.2, 0) is 6.54 Å². The lowest BCUT2D eigenvalue weighted by atomic mass is 9.80. The van der Waals surface area contributed by atoms with Gasteiger partial charge in [0.2, 0.25) is 0 Å². The van der Waals surface area contributed by atoms with E-state index in [2.05, 4.69) is 11.0 Å². The molecule has 0 amide bonds. The van der Waals surface area contributed by atoms with Crippen molar-refractivity contribution >= 4 is 0 Å². The number of ether oxygens (including phenoxy) is 1. The highest BCUT2D eigenvalue weighted by Gasteiger charge is 2.36. The van der Waals surface area contributed by atoms with Crippen LogP contribution in [0.25, 0.3) is 0 Å². The van der Waals surface area contributed by atoms with Crippen LogP contribution in [0, 0.1) is 17.2 Å². The number of aliphatic hydroxyl groups is 1. The van der Waals surface area contributed by atoms with Crippen molar-refractivity contribution in [3.05, 3.63) is 29.3 Å². The molecule has 1 N–H and O–H groups in total. The second kappa shape index (κ2) is 7.33. The number of hydrogen-bond acceptors (Lipinski definition) is 4. The van der Waals surface area contributed by atoms with Crippen LogP contribution in [0.4, 0.5) is 0 Å². The molecule has 1 aliphatic heterocycles. The highest BCUT2D eigenvalue weighted by molar-refractivity contribution is 5.45. The molecule has 1 saturated carbocycles. The van der Waals surface area contributed by atoms with Gasteiger partial charge in [-0.3, -0.25) is 4.90 Å². The maximum atomic E-state index is 10.4. The fraction of sp³-hybridized carbons (Fsp3) is 0.632. The van der Waals surface area contributed by atoms with Gasteiger partial charge in [0.25, 0.3) is 0 Å². The molecule has 23 heavy (non-hydrogen) atoms. The van der Waals surface area contributed by atoms with Gasteiger partial charge in [-0.25, -0.2) is 0 Å². The average molecular weight is 314 g/mol. The Morgan fingerprint density at radius 3 is 2.83 bits per heavy atom. The Bertz CT molecular complexity index is 581. The van der Waals surface area contributed by atoms with E-state index in [1.54, 1.807) is 7.11 Å². The third-order valence-electron chi connectivity index (χ3n) is 5.46. The lowest BCUT2D eigenvalue weighted by Crippen LogP contribution is -2.42. The van der Waals surface area contributed by atoms with E-state index in [1.807, 2.05) is 18.2 Å². The van der Waals surface area contributed by atoms with E-state index >= 15 is 0 Å². The second-order valence-corrected chi connectivity index (χ2v) is 6.84. The van der Waals surface area contributed by atoms with Crippen molar-refractivity contribution in [2.24, 2.45) is 5.92 Å². The van der Waals surface area contributed by atoms with Crippen LogP contribution in [0.2, 0.25) is 0 Å². The number of nitriles is 1. The number of nitrogens with zero attached hydrogens (tertiary/aromatic N) is 2. The van der Waals surface area contributed by atoms with Crippen LogP contribution < -0.4 is 4.74 Å². The first-order chi connectivity index (χ1) is 11.2. The third-order valence-corrected chi connectivity index (χ3v) is 5.46. The van der Waals surface area contributed by atoms with Crippen LogP contribution in [0.1, 0.15) is 49.7 Å². The Morgan fingerprint density at radius 1 is 1.26 bits per heavy atom. The van der Waals surface area contributed by atoms with Crippen molar-refractivity contribution < 1.29 is 9.84 Å². The molecule has 3 unspecified atom stereocenters. The lowest BCUT2D eigenvalue weighted by Gasteiger charge is -2.37. The Hall–Kier alpha value is -1.57. The summed E-state index contributed by atoms with van der Waals surface area (Å²) in [5.74, 6) is 1.05. The molecule has 4 nitrogen and oxygen atoms in total. The summed E-state index contributed by atoms with van der Waals surface area (Å²) in [6.07, 6.45) is 6.75. The van der Waals surface area contributed by atoms with E-state index in [0.717, 1.165) is 37.9 Å². The molecular formula is C19H26N2O2. The Labute approximate surface area is 138 Å². The zero-order valence-corrected chi connectivity index (χ0v) is 13.9. The largest absolute Gasteiger partial charge is 0.495 e. The second-order valence-electron chi connectivity index (χ2n) is 6.84. The molecule has 3 atom stereocenters. The highest BCUT2D eigenvalue weighted by Crippen LogP contribution is 2.35. The minimum absolute atomic E-state index is 0.139. The monoisotopic (exact) mass is 314 g/mol. The number of hydrogen-bond donors (Lipinski definition) is 1. The quantitative estimate of drug-likeness (QED) is 0.928. The van der Waals surface area contributed by atoms with Crippen molar-refractivity contribution in [2.75, 3.05) is 13.7 Å². The van der Waals surface area contributed by atoms with Gasteiger partial charge in [0.1, 0.15) is 11.8 Å². The minimum atomic E-state index is -0.139. The third kappa shape index (κ3) is 3.52. The van der Waals surface area contributed by atoms with Gasteiger partial charge in [-0.1, -0.05) is 18.9 Å². The van der Waals surface area contributed by atoms with Gasteiger partial charge < -0.3 is 9.84 Å². The lowest BCUT2D eigenvalue weighted by molar-refractivity contribution is 0.0201. The van der Waals surface area contributed by atoms with E-state index in [-0.39, 0.29) is 6.10 Å². The molecule has 124 valence electrons. The molecule has 1 saturated heterocycles. The minimum Gasteiger partial charge on any atom is -0.495 e. The summed E-state index contributed by atoms with van der Waals surface area (Å²) >= 11 is 0. The molecule has 4 heteroatoms. The highest BCUT2D eigenvalue weighted by atomic mass is 16.5. The van der Waals surface area contributed by atoms with Crippen molar-refractivity contribution in [2.45, 2.75) is 57.2 Å². The van der Waals surface area contributed by atoms with Crippen LogP contribution in [-0.4, -0.2) is 35.8 Å².